The molecule has 1 aliphatic rings. The lowest BCUT2D eigenvalue weighted by Crippen LogP contribution is -2.54. The van der Waals surface area contributed by atoms with Gasteiger partial charge in [0.2, 0.25) is 0 Å². The van der Waals surface area contributed by atoms with Crippen molar-refractivity contribution in [1.29, 1.82) is 0 Å². The Morgan fingerprint density at radius 2 is 2.00 bits per heavy atom. The molecule has 1 N–H and O–H groups in total. The zero-order valence-electron chi connectivity index (χ0n) is 15.6. The summed E-state index contributed by atoms with van der Waals surface area (Å²) in [7, 11) is 0. The highest BCUT2D eigenvalue weighted by molar-refractivity contribution is 5.66. The fourth-order valence-electron chi connectivity index (χ4n) is 3.65. The number of nitrogens with zero attached hydrogens (tertiary/aromatic N) is 2. The summed E-state index contributed by atoms with van der Waals surface area (Å²) in [4.78, 5) is 5.13. The number of hydrogen-bond acceptors (Lipinski definition) is 3. The van der Waals surface area contributed by atoms with Gasteiger partial charge in [0, 0.05) is 45.4 Å². The number of benzene rings is 1. The van der Waals surface area contributed by atoms with Crippen LogP contribution in [0.1, 0.15) is 39.2 Å². The number of rotatable bonds is 8. The minimum absolute atomic E-state index is 0.281. The van der Waals surface area contributed by atoms with Crippen molar-refractivity contribution in [1.82, 2.24) is 9.80 Å². The highest BCUT2D eigenvalue weighted by Crippen LogP contribution is 2.20. The van der Waals surface area contributed by atoms with Crippen LogP contribution in [-0.4, -0.2) is 60.3 Å². The Bertz CT molecular complexity index is 498. The second-order valence-corrected chi connectivity index (χ2v) is 7.29. The van der Waals surface area contributed by atoms with Crippen LogP contribution < -0.4 is 0 Å². The highest BCUT2D eigenvalue weighted by Gasteiger charge is 2.27. The summed E-state index contributed by atoms with van der Waals surface area (Å²) in [5.74, 6) is 0.678. The molecule has 1 atom stereocenters. The van der Waals surface area contributed by atoms with Gasteiger partial charge in [0.25, 0.3) is 0 Å². The lowest BCUT2D eigenvalue weighted by Gasteiger charge is -2.42. The summed E-state index contributed by atoms with van der Waals surface area (Å²) in [6.45, 7) is 12.5. The zero-order valence-corrected chi connectivity index (χ0v) is 15.6. The molecule has 1 unspecified atom stereocenters. The normalized spacial score (nSPS) is 20.7. The van der Waals surface area contributed by atoms with Crippen LogP contribution in [0.25, 0.3) is 5.57 Å². The van der Waals surface area contributed by atoms with Crippen LogP contribution in [-0.2, 0) is 0 Å². The first-order chi connectivity index (χ1) is 11.6. The minimum Gasteiger partial charge on any atom is -0.396 e. The van der Waals surface area contributed by atoms with Crippen molar-refractivity contribution in [3.05, 3.63) is 42.0 Å². The van der Waals surface area contributed by atoms with E-state index in [4.69, 9.17) is 0 Å². The molecule has 1 heterocycles. The third-order valence-corrected chi connectivity index (χ3v) is 4.74. The van der Waals surface area contributed by atoms with Crippen LogP contribution in [0.15, 0.2) is 36.4 Å². The Morgan fingerprint density at radius 1 is 1.25 bits per heavy atom. The lowest BCUT2D eigenvalue weighted by molar-refractivity contribution is 0.0579. The maximum Gasteiger partial charge on any atom is 0.0446 e. The van der Waals surface area contributed by atoms with E-state index in [0.717, 1.165) is 45.6 Å². The standard InChI is InChI=1S/C21H34N2O/c1-4-8-20(19-9-6-5-7-10-19)16-22-12-13-23(15-18(2)3)21(17-22)11-14-24/h5-10,18,21,24H,4,11-17H2,1-3H3. The Hall–Kier alpha value is -1.16. The summed E-state index contributed by atoms with van der Waals surface area (Å²) in [6, 6.07) is 11.2. The van der Waals surface area contributed by atoms with Gasteiger partial charge in [-0.1, -0.05) is 57.2 Å². The molecule has 3 nitrogen and oxygen atoms in total. The predicted octanol–water partition coefficient (Wildman–Crippen LogP) is 3.50. The van der Waals surface area contributed by atoms with Gasteiger partial charge >= 0.3 is 0 Å². The molecule has 1 aromatic carbocycles. The van der Waals surface area contributed by atoms with E-state index in [2.05, 4.69) is 67.0 Å². The van der Waals surface area contributed by atoms with Gasteiger partial charge in [-0.15, -0.1) is 0 Å². The molecule has 1 saturated heterocycles. The molecule has 0 spiro atoms. The second kappa shape index (κ2) is 9.97. The van der Waals surface area contributed by atoms with Crippen molar-refractivity contribution in [2.75, 3.05) is 39.3 Å². The largest absolute Gasteiger partial charge is 0.396 e. The molecule has 0 amide bonds. The van der Waals surface area contributed by atoms with E-state index in [1.165, 1.54) is 11.1 Å². The van der Waals surface area contributed by atoms with Crippen molar-refractivity contribution in [3.63, 3.8) is 0 Å². The van der Waals surface area contributed by atoms with E-state index in [1.807, 2.05) is 0 Å². The molecular formula is C21H34N2O. The van der Waals surface area contributed by atoms with Crippen molar-refractivity contribution >= 4 is 5.57 Å². The van der Waals surface area contributed by atoms with E-state index < -0.39 is 0 Å². The molecule has 24 heavy (non-hydrogen) atoms. The van der Waals surface area contributed by atoms with E-state index in [9.17, 15) is 5.11 Å². The minimum atomic E-state index is 0.281. The van der Waals surface area contributed by atoms with Crippen LogP contribution in [0.4, 0.5) is 0 Å². The molecule has 0 saturated carbocycles. The molecule has 0 aromatic heterocycles. The Kier molecular flexibility index (Phi) is 7.97. The van der Waals surface area contributed by atoms with E-state index in [-0.39, 0.29) is 6.61 Å². The third kappa shape index (κ3) is 5.73. The number of hydrogen-bond donors (Lipinski definition) is 1. The van der Waals surface area contributed by atoms with Crippen molar-refractivity contribution in [2.24, 2.45) is 5.92 Å². The Labute approximate surface area is 148 Å². The van der Waals surface area contributed by atoms with Crippen LogP contribution >= 0.6 is 0 Å². The molecule has 2 rings (SSSR count). The zero-order chi connectivity index (χ0) is 17.4. The van der Waals surface area contributed by atoms with Crippen LogP contribution in [0.2, 0.25) is 0 Å². The average Bonchev–Trinajstić information content (AvgIpc) is 2.57. The summed E-state index contributed by atoms with van der Waals surface area (Å²) in [5, 5.41) is 9.44. The van der Waals surface area contributed by atoms with Gasteiger partial charge in [-0.25, -0.2) is 0 Å². The van der Waals surface area contributed by atoms with Crippen molar-refractivity contribution in [2.45, 2.75) is 39.7 Å². The van der Waals surface area contributed by atoms with Crippen molar-refractivity contribution < 1.29 is 5.11 Å². The van der Waals surface area contributed by atoms with Gasteiger partial charge < -0.3 is 5.11 Å². The van der Waals surface area contributed by atoms with Gasteiger partial charge in [0.05, 0.1) is 0 Å². The van der Waals surface area contributed by atoms with Gasteiger partial charge in [-0.2, -0.15) is 0 Å². The molecule has 0 radical (unpaired) electrons. The maximum atomic E-state index is 9.44. The Balaban J connectivity index is 2.02. The average molecular weight is 331 g/mol. The second-order valence-electron chi connectivity index (χ2n) is 7.29. The molecule has 0 aliphatic carbocycles. The topological polar surface area (TPSA) is 26.7 Å². The number of piperazine rings is 1. The third-order valence-electron chi connectivity index (χ3n) is 4.74. The molecule has 1 fully saturated rings. The van der Waals surface area contributed by atoms with E-state index in [0.29, 0.717) is 12.0 Å². The van der Waals surface area contributed by atoms with Crippen LogP contribution in [0, 0.1) is 5.92 Å². The summed E-state index contributed by atoms with van der Waals surface area (Å²) in [5.41, 5.74) is 2.76. The molecular weight excluding hydrogens is 296 g/mol. The fraction of sp³-hybridized carbons (Fsp3) is 0.619. The quantitative estimate of drug-likeness (QED) is 0.790. The monoisotopic (exact) mass is 330 g/mol. The predicted molar refractivity (Wildman–Crippen MR) is 103 cm³/mol. The smallest absolute Gasteiger partial charge is 0.0446 e. The first kappa shape index (κ1) is 19.2. The molecule has 3 heteroatoms. The number of aliphatic hydroxyl groups is 1. The van der Waals surface area contributed by atoms with Gasteiger partial charge in [-0.3, -0.25) is 9.80 Å². The molecule has 1 aromatic rings. The number of allylic oxidation sites excluding steroid dienone is 1. The fourth-order valence-corrected chi connectivity index (χ4v) is 3.65. The van der Waals surface area contributed by atoms with E-state index in [1.54, 1.807) is 0 Å². The lowest BCUT2D eigenvalue weighted by atomic mass is 10.0. The molecule has 0 bridgehead atoms. The van der Waals surface area contributed by atoms with Gasteiger partial charge in [0.15, 0.2) is 0 Å². The van der Waals surface area contributed by atoms with Crippen molar-refractivity contribution in [3.8, 4) is 0 Å². The summed E-state index contributed by atoms with van der Waals surface area (Å²) in [6.07, 6.45) is 4.30. The molecule has 134 valence electrons. The van der Waals surface area contributed by atoms with Crippen LogP contribution in [0.3, 0.4) is 0 Å². The Morgan fingerprint density at radius 3 is 2.62 bits per heavy atom. The van der Waals surface area contributed by atoms with Gasteiger partial charge in [-0.05, 0) is 29.9 Å². The van der Waals surface area contributed by atoms with Gasteiger partial charge in [0.1, 0.15) is 0 Å². The summed E-state index contributed by atoms with van der Waals surface area (Å²) < 4.78 is 0. The van der Waals surface area contributed by atoms with Crippen LogP contribution in [0.5, 0.6) is 0 Å². The first-order valence-corrected chi connectivity index (χ1v) is 9.45. The van der Waals surface area contributed by atoms with E-state index >= 15 is 0 Å². The summed E-state index contributed by atoms with van der Waals surface area (Å²) >= 11 is 0. The number of aliphatic hydroxyl groups excluding tert-OH is 1. The first-order valence-electron chi connectivity index (χ1n) is 9.45. The highest BCUT2D eigenvalue weighted by atomic mass is 16.3. The molecule has 1 aliphatic heterocycles. The SMILES string of the molecule is CCC=C(CN1CCN(CC(C)C)C(CCO)C1)c1ccccc1. The maximum absolute atomic E-state index is 9.44.